The number of hydrogen-bond donors (Lipinski definition) is 1. The van der Waals surface area contributed by atoms with Crippen molar-refractivity contribution < 1.29 is 14.2 Å². The molecule has 0 bridgehead atoms. The van der Waals surface area contributed by atoms with Crippen LogP contribution in [0.15, 0.2) is 0 Å². The van der Waals surface area contributed by atoms with Gasteiger partial charge < -0.3 is 24.4 Å². The molecule has 0 saturated carbocycles. The first-order valence-corrected chi connectivity index (χ1v) is 9.61. The summed E-state index contributed by atoms with van der Waals surface area (Å²) >= 11 is 0. The number of hydrogen-bond acceptors (Lipinski definition) is 6. The van der Waals surface area contributed by atoms with Crippen LogP contribution in [0.4, 0.5) is 0 Å². The van der Waals surface area contributed by atoms with E-state index in [4.69, 9.17) is 14.2 Å². The maximum atomic E-state index is 5.64. The summed E-state index contributed by atoms with van der Waals surface area (Å²) in [6.07, 6.45) is 0. The molecule has 0 radical (unpaired) electrons. The zero-order valence-corrected chi connectivity index (χ0v) is 16.1. The van der Waals surface area contributed by atoms with Crippen LogP contribution >= 0.6 is 0 Å². The molecule has 6 heteroatoms. The maximum absolute atomic E-state index is 5.64. The molecule has 0 atom stereocenters. The number of likely N-dealkylation sites (N-methyl/N-ethyl adjacent to an activating group) is 1. The zero-order valence-electron chi connectivity index (χ0n) is 16.1. The smallest absolute Gasteiger partial charge is 0.0701 e. The van der Waals surface area contributed by atoms with E-state index in [0.29, 0.717) is 32.3 Å². The van der Waals surface area contributed by atoms with Crippen molar-refractivity contribution >= 4 is 0 Å². The van der Waals surface area contributed by atoms with E-state index in [9.17, 15) is 0 Å². The highest BCUT2D eigenvalue weighted by Gasteiger charge is 2.14. The van der Waals surface area contributed by atoms with Crippen molar-refractivity contribution in [2.24, 2.45) is 5.92 Å². The van der Waals surface area contributed by atoms with E-state index in [0.717, 1.165) is 45.9 Å². The molecule has 144 valence electrons. The third-order valence-corrected chi connectivity index (χ3v) is 4.18. The Bertz CT molecular complexity index is 272. The first-order chi connectivity index (χ1) is 11.7. The fourth-order valence-electron chi connectivity index (χ4n) is 2.60. The van der Waals surface area contributed by atoms with Gasteiger partial charge in [-0.05, 0) is 19.0 Å². The molecule has 1 aliphatic rings. The first kappa shape index (κ1) is 21.8. The van der Waals surface area contributed by atoms with E-state index >= 15 is 0 Å². The summed E-state index contributed by atoms with van der Waals surface area (Å²) in [7, 11) is 0. The molecule has 0 amide bonds. The lowest BCUT2D eigenvalue weighted by Crippen LogP contribution is -2.47. The van der Waals surface area contributed by atoms with Crippen LogP contribution < -0.4 is 5.32 Å². The Morgan fingerprint density at radius 1 is 0.792 bits per heavy atom. The quantitative estimate of drug-likeness (QED) is 0.445. The second-order valence-corrected chi connectivity index (χ2v) is 6.71. The van der Waals surface area contributed by atoms with Gasteiger partial charge in [0.2, 0.25) is 0 Å². The topological polar surface area (TPSA) is 46.2 Å². The highest BCUT2D eigenvalue weighted by molar-refractivity contribution is 4.70. The van der Waals surface area contributed by atoms with Gasteiger partial charge in [-0.25, -0.2) is 0 Å². The molecule has 1 aliphatic heterocycles. The third kappa shape index (κ3) is 12.2. The number of piperazine rings is 1. The minimum absolute atomic E-state index is 0.645. The van der Waals surface area contributed by atoms with Crippen LogP contribution in [0.1, 0.15) is 20.8 Å². The molecule has 6 nitrogen and oxygen atoms in total. The minimum Gasteiger partial charge on any atom is -0.378 e. The van der Waals surface area contributed by atoms with E-state index in [2.05, 4.69) is 35.9 Å². The van der Waals surface area contributed by atoms with E-state index in [1.165, 1.54) is 19.6 Å². The fourth-order valence-corrected chi connectivity index (χ4v) is 2.60. The number of rotatable bonds is 15. The van der Waals surface area contributed by atoms with Crippen molar-refractivity contribution in [2.45, 2.75) is 20.8 Å². The van der Waals surface area contributed by atoms with E-state index in [1.54, 1.807) is 0 Å². The molecule has 1 saturated heterocycles. The van der Waals surface area contributed by atoms with Crippen LogP contribution in [0, 0.1) is 5.92 Å². The molecule has 0 aliphatic carbocycles. The lowest BCUT2D eigenvalue weighted by molar-refractivity contribution is 0.00850. The van der Waals surface area contributed by atoms with Gasteiger partial charge in [0, 0.05) is 39.3 Å². The summed E-state index contributed by atoms with van der Waals surface area (Å²) < 4.78 is 16.7. The van der Waals surface area contributed by atoms with Crippen LogP contribution in [-0.4, -0.2) is 102 Å². The molecule has 1 N–H and O–H groups in total. The van der Waals surface area contributed by atoms with Gasteiger partial charge in [-0.2, -0.15) is 0 Å². The summed E-state index contributed by atoms with van der Waals surface area (Å²) in [6, 6.07) is 0. The van der Waals surface area contributed by atoms with Gasteiger partial charge in [0.05, 0.1) is 39.6 Å². The van der Waals surface area contributed by atoms with Gasteiger partial charge in [-0.3, -0.25) is 4.90 Å². The molecule has 1 fully saturated rings. The molecule has 0 unspecified atom stereocenters. The van der Waals surface area contributed by atoms with Crippen LogP contribution in [0.5, 0.6) is 0 Å². The normalized spacial score (nSPS) is 17.0. The lowest BCUT2D eigenvalue weighted by Gasteiger charge is -2.33. The second-order valence-electron chi connectivity index (χ2n) is 6.71. The first-order valence-electron chi connectivity index (χ1n) is 9.61. The standard InChI is InChI=1S/C18H39N3O3/c1-4-20-6-8-21(9-7-20)10-12-23-14-16-24-15-13-22-11-5-19-17-18(2)3/h18-19H,4-17H2,1-3H3. The van der Waals surface area contributed by atoms with Crippen molar-refractivity contribution in [3.8, 4) is 0 Å². The van der Waals surface area contributed by atoms with Gasteiger partial charge in [-0.1, -0.05) is 20.8 Å². The Morgan fingerprint density at radius 2 is 1.33 bits per heavy atom. The molecule has 24 heavy (non-hydrogen) atoms. The monoisotopic (exact) mass is 345 g/mol. The van der Waals surface area contributed by atoms with Gasteiger partial charge in [0.1, 0.15) is 0 Å². The summed E-state index contributed by atoms with van der Waals surface area (Å²) in [4.78, 5) is 4.97. The Labute approximate surface area is 148 Å². The largest absolute Gasteiger partial charge is 0.378 e. The van der Waals surface area contributed by atoms with Crippen LogP contribution in [0.25, 0.3) is 0 Å². The average Bonchev–Trinajstić information content (AvgIpc) is 2.59. The SMILES string of the molecule is CCN1CCN(CCOCCOCCOCCNCC(C)C)CC1. The molecule has 0 aromatic rings. The molecule has 0 spiro atoms. The molecular formula is C18H39N3O3. The molecule has 0 aromatic carbocycles. The van der Waals surface area contributed by atoms with Gasteiger partial charge >= 0.3 is 0 Å². The highest BCUT2D eigenvalue weighted by Crippen LogP contribution is 2.00. The van der Waals surface area contributed by atoms with Gasteiger partial charge in [-0.15, -0.1) is 0 Å². The lowest BCUT2D eigenvalue weighted by atomic mass is 10.2. The summed E-state index contributed by atoms with van der Waals surface area (Å²) in [6.45, 7) is 19.7. The highest BCUT2D eigenvalue weighted by atomic mass is 16.5. The van der Waals surface area contributed by atoms with Crippen LogP contribution in [-0.2, 0) is 14.2 Å². The molecule has 0 aromatic heterocycles. The minimum atomic E-state index is 0.645. The summed E-state index contributed by atoms with van der Waals surface area (Å²) in [5, 5.41) is 3.35. The number of nitrogens with zero attached hydrogens (tertiary/aromatic N) is 2. The molecule has 1 heterocycles. The fraction of sp³-hybridized carbons (Fsp3) is 1.00. The van der Waals surface area contributed by atoms with Gasteiger partial charge in [0.15, 0.2) is 0 Å². The van der Waals surface area contributed by atoms with Gasteiger partial charge in [0.25, 0.3) is 0 Å². The molecule has 1 rings (SSSR count). The predicted molar refractivity (Wildman–Crippen MR) is 98.7 cm³/mol. The zero-order chi connectivity index (χ0) is 17.5. The maximum Gasteiger partial charge on any atom is 0.0701 e. The average molecular weight is 346 g/mol. The van der Waals surface area contributed by atoms with Crippen molar-refractivity contribution in [1.82, 2.24) is 15.1 Å². The van der Waals surface area contributed by atoms with Crippen LogP contribution in [0.3, 0.4) is 0 Å². The number of ether oxygens (including phenoxy) is 3. The Morgan fingerprint density at radius 3 is 1.92 bits per heavy atom. The Balaban J connectivity index is 1.74. The van der Waals surface area contributed by atoms with Crippen molar-refractivity contribution in [2.75, 3.05) is 92.0 Å². The predicted octanol–water partition coefficient (Wildman–Crippen LogP) is 0.919. The van der Waals surface area contributed by atoms with Crippen molar-refractivity contribution in [1.29, 1.82) is 0 Å². The third-order valence-electron chi connectivity index (χ3n) is 4.18. The second kappa shape index (κ2) is 15.0. The summed E-state index contributed by atoms with van der Waals surface area (Å²) in [5.74, 6) is 0.689. The van der Waals surface area contributed by atoms with Crippen molar-refractivity contribution in [3.05, 3.63) is 0 Å². The summed E-state index contributed by atoms with van der Waals surface area (Å²) in [5.41, 5.74) is 0. The van der Waals surface area contributed by atoms with E-state index in [-0.39, 0.29) is 0 Å². The van der Waals surface area contributed by atoms with E-state index in [1.807, 2.05) is 0 Å². The van der Waals surface area contributed by atoms with Crippen LogP contribution in [0.2, 0.25) is 0 Å². The molecular weight excluding hydrogens is 306 g/mol. The Kier molecular flexibility index (Phi) is 13.7. The Hall–Kier alpha value is -0.240. The van der Waals surface area contributed by atoms with E-state index < -0.39 is 0 Å². The number of nitrogens with one attached hydrogen (secondary N) is 1. The van der Waals surface area contributed by atoms with Crippen molar-refractivity contribution in [3.63, 3.8) is 0 Å².